The normalized spacial score (nSPS) is 11.2. The highest BCUT2D eigenvalue weighted by Gasteiger charge is 2.11. The van der Waals surface area contributed by atoms with Crippen molar-refractivity contribution in [2.45, 2.75) is 32.9 Å². The first kappa shape index (κ1) is 18.2. The van der Waals surface area contributed by atoms with Crippen molar-refractivity contribution >= 4 is 5.91 Å². The van der Waals surface area contributed by atoms with Gasteiger partial charge in [0, 0.05) is 31.2 Å². The summed E-state index contributed by atoms with van der Waals surface area (Å²) < 4.78 is 0. The van der Waals surface area contributed by atoms with E-state index in [2.05, 4.69) is 20.4 Å². The fourth-order valence-corrected chi connectivity index (χ4v) is 2.62. The van der Waals surface area contributed by atoms with Crippen molar-refractivity contribution < 1.29 is 4.79 Å². The molecule has 2 rings (SSSR count). The average molecular weight is 329 g/mol. The summed E-state index contributed by atoms with van der Waals surface area (Å²) in [5.74, 6) is 0.0448. The molecule has 6 nitrogen and oxygen atoms in total. The molecule has 0 aliphatic carbocycles. The van der Waals surface area contributed by atoms with Gasteiger partial charge in [-0.25, -0.2) is 0 Å². The molecule has 0 spiro atoms. The molecule has 0 fully saturated rings. The predicted octanol–water partition coefficient (Wildman–Crippen LogP) is 1.53. The maximum Gasteiger partial charge on any atom is 0.224 e. The number of rotatable bonds is 8. The minimum atomic E-state index is 0.0448. The van der Waals surface area contributed by atoms with Crippen LogP contribution in [0, 0.1) is 0 Å². The molecule has 1 aromatic heterocycles. The molecule has 0 atom stereocenters. The number of carbonyl (C=O) groups is 1. The lowest BCUT2D eigenvalue weighted by molar-refractivity contribution is -0.120. The monoisotopic (exact) mass is 329 g/mol. The summed E-state index contributed by atoms with van der Waals surface area (Å²) in [6.45, 7) is 6.19. The number of nitrogens with one attached hydrogen (secondary N) is 2. The Kier molecular flexibility index (Phi) is 6.52. The van der Waals surface area contributed by atoms with E-state index < -0.39 is 0 Å². The molecule has 4 N–H and O–H groups in total. The van der Waals surface area contributed by atoms with Crippen molar-refractivity contribution in [2.75, 3.05) is 20.1 Å². The van der Waals surface area contributed by atoms with Crippen molar-refractivity contribution in [3.05, 3.63) is 41.6 Å². The van der Waals surface area contributed by atoms with Gasteiger partial charge < -0.3 is 16.0 Å². The van der Waals surface area contributed by atoms with Crippen LogP contribution in [-0.2, 0) is 17.8 Å². The number of amides is 1. The molecule has 0 saturated carbocycles. The second kappa shape index (κ2) is 8.61. The summed E-state index contributed by atoms with van der Waals surface area (Å²) in [6.07, 6.45) is 2.25. The van der Waals surface area contributed by atoms with Crippen LogP contribution in [0.2, 0.25) is 0 Å². The number of likely N-dealkylation sites (N-methyl/N-ethyl adjacent to an activating group) is 1. The van der Waals surface area contributed by atoms with E-state index in [0.29, 0.717) is 13.0 Å². The molecule has 0 radical (unpaired) electrons. The number of nitrogens with two attached hydrogens (primary N) is 1. The van der Waals surface area contributed by atoms with Crippen LogP contribution in [0.15, 0.2) is 30.5 Å². The molecule has 0 aliphatic rings. The molecular formula is C18H27N5O. The molecule has 0 saturated heterocycles. The Morgan fingerprint density at radius 3 is 2.67 bits per heavy atom. The van der Waals surface area contributed by atoms with Crippen LogP contribution in [-0.4, -0.2) is 47.2 Å². The predicted molar refractivity (Wildman–Crippen MR) is 96.4 cm³/mol. The van der Waals surface area contributed by atoms with Crippen LogP contribution in [0.1, 0.15) is 25.0 Å². The van der Waals surface area contributed by atoms with Crippen molar-refractivity contribution in [2.24, 2.45) is 5.73 Å². The summed E-state index contributed by atoms with van der Waals surface area (Å²) in [5, 5.41) is 10.1. The van der Waals surface area contributed by atoms with Gasteiger partial charge in [-0.3, -0.25) is 9.89 Å². The number of carbonyl (C=O) groups excluding carboxylic acids is 1. The Hall–Kier alpha value is -2.18. The zero-order valence-electron chi connectivity index (χ0n) is 14.7. The lowest BCUT2D eigenvalue weighted by atomic mass is 10.0. The zero-order valence-corrected chi connectivity index (χ0v) is 14.7. The summed E-state index contributed by atoms with van der Waals surface area (Å²) >= 11 is 0. The van der Waals surface area contributed by atoms with E-state index in [4.69, 9.17) is 5.73 Å². The van der Waals surface area contributed by atoms with Gasteiger partial charge in [-0.2, -0.15) is 5.10 Å². The molecule has 1 heterocycles. The number of aromatic nitrogens is 2. The second-order valence-electron chi connectivity index (χ2n) is 6.39. The van der Waals surface area contributed by atoms with Gasteiger partial charge in [0.25, 0.3) is 0 Å². The molecule has 0 aliphatic heterocycles. The fourth-order valence-electron chi connectivity index (χ4n) is 2.62. The van der Waals surface area contributed by atoms with Crippen LogP contribution < -0.4 is 11.1 Å². The van der Waals surface area contributed by atoms with Crippen LogP contribution in [0.5, 0.6) is 0 Å². The van der Waals surface area contributed by atoms with Gasteiger partial charge in [0.2, 0.25) is 5.91 Å². The van der Waals surface area contributed by atoms with E-state index in [1.54, 1.807) is 0 Å². The number of benzene rings is 1. The van der Waals surface area contributed by atoms with E-state index in [1.807, 2.05) is 51.4 Å². The van der Waals surface area contributed by atoms with Gasteiger partial charge >= 0.3 is 0 Å². The molecular weight excluding hydrogens is 302 g/mol. The first-order valence-corrected chi connectivity index (χ1v) is 8.29. The summed E-state index contributed by atoms with van der Waals surface area (Å²) in [6, 6.07) is 8.19. The van der Waals surface area contributed by atoms with Gasteiger partial charge in [-0.1, -0.05) is 24.3 Å². The van der Waals surface area contributed by atoms with Gasteiger partial charge in [0.1, 0.15) is 0 Å². The largest absolute Gasteiger partial charge is 0.354 e. The van der Waals surface area contributed by atoms with E-state index in [9.17, 15) is 4.79 Å². The van der Waals surface area contributed by atoms with Crippen LogP contribution in [0.3, 0.4) is 0 Å². The first-order chi connectivity index (χ1) is 11.5. The van der Waals surface area contributed by atoms with Crippen LogP contribution in [0.25, 0.3) is 11.3 Å². The Morgan fingerprint density at radius 2 is 2.04 bits per heavy atom. The highest BCUT2D eigenvalue weighted by molar-refractivity contribution is 5.79. The SMILES string of the molecule is CC(C)NC(=O)Cc1ccc(-c2[nH]ncc2CN(C)CCN)cc1. The van der Waals surface area contributed by atoms with Crippen molar-refractivity contribution in [1.82, 2.24) is 20.4 Å². The standard InChI is InChI=1S/C18H27N5O/c1-13(2)21-17(24)10-14-4-6-15(7-5-14)18-16(11-20-22-18)12-23(3)9-8-19/h4-7,11,13H,8-10,12,19H2,1-3H3,(H,20,22)(H,21,24). The van der Waals surface area contributed by atoms with Crippen molar-refractivity contribution in [3.63, 3.8) is 0 Å². The number of H-pyrrole nitrogens is 1. The first-order valence-electron chi connectivity index (χ1n) is 8.29. The van der Waals surface area contributed by atoms with Crippen molar-refractivity contribution in [1.29, 1.82) is 0 Å². The Balaban J connectivity index is 2.06. The molecule has 24 heavy (non-hydrogen) atoms. The fraction of sp³-hybridized carbons (Fsp3) is 0.444. The highest BCUT2D eigenvalue weighted by atomic mass is 16.1. The van der Waals surface area contributed by atoms with Crippen LogP contribution in [0.4, 0.5) is 0 Å². The number of aromatic amines is 1. The lowest BCUT2D eigenvalue weighted by Crippen LogP contribution is -2.31. The average Bonchev–Trinajstić information content (AvgIpc) is 2.95. The summed E-state index contributed by atoms with van der Waals surface area (Å²) in [7, 11) is 2.04. The van der Waals surface area contributed by atoms with Gasteiger partial charge in [0.05, 0.1) is 18.3 Å². The van der Waals surface area contributed by atoms with Crippen LogP contribution >= 0.6 is 0 Å². The topological polar surface area (TPSA) is 87.0 Å². The molecule has 1 aromatic carbocycles. The smallest absolute Gasteiger partial charge is 0.224 e. The number of hydrogen-bond acceptors (Lipinski definition) is 4. The summed E-state index contributed by atoms with van der Waals surface area (Å²) in [5.41, 5.74) is 9.81. The quantitative estimate of drug-likeness (QED) is 0.685. The Bertz CT molecular complexity index is 648. The third-order valence-electron chi connectivity index (χ3n) is 3.73. The third kappa shape index (κ3) is 5.18. The minimum Gasteiger partial charge on any atom is -0.354 e. The van der Waals surface area contributed by atoms with Crippen molar-refractivity contribution in [3.8, 4) is 11.3 Å². The Morgan fingerprint density at radius 1 is 1.33 bits per heavy atom. The molecule has 6 heteroatoms. The molecule has 130 valence electrons. The maximum atomic E-state index is 11.8. The van der Waals surface area contributed by atoms with E-state index in [-0.39, 0.29) is 11.9 Å². The van der Waals surface area contributed by atoms with E-state index >= 15 is 0 Å². The van der Waals surface area contributed by atoms with E-state index in [1.165, 1.54) is 0 Å². The molecule has 0 bridgehead atoms. The minimum absolute atomic E-state index is 0.0448. The number of hydrogen-bond donors (Lipinski definition) is 3. The highest BCUT2D eigenvalue weighted by Crippen LogP contribution is 2.22. The zero-order chi connectivity index (χ0) is 17.5. The Labute approximate surface area is 143 Å². The lowest BCUT2D eigenvalue weighted by Gasteiger charge is -2.15. The molecule has 0 unspecified atom stereocenters. The third-order valence-corrected chi connectivity index (χ3v) is 3.73. The second-order valence-corrected chi connectivity index (χ2v) is 6.39. The number of nitrogens with zero attached hydrogens (tertiary/aromatic N) is 2. The van der Waals surface area contributed by atoms with E-state index in [0.717, 1.165) is 35.5 Å². The maximum absolute atomic E-state index is 11.8. The van der Waals surface area contributed by atoms with Gasteiger partial charge in [-0.05, 0) is 32.0 Å². The van der Waals surface area contributed by atoms with Gasteiger partial charge in [0.15, 0.2) is 0 Å². The molecule has 1 amide bonds. The summed E-state index contributed by atoms with van der Waals surface area (Å²) in [4.78, 5) is 14.0. The van der Waals surface area contributed by atoms with Gasteiger partial charge in [-0.15, -0.1) is 0 Å². The molecule has 2 aromatic rings.